The first-order chi connectivity index (χ1) is 24.7. The van der Waals surface area contributed by atoms with Crippen LogP contribution in [0.4, 0.5) is 4.39 Å². The summed E-state index contributed by atoms with van der Waals surface area (Å²) < 4.78 is 19.7. The molecule has 3 aromatic heterocycles. The maximum Gasteiger partial charge on any atom is 0.123 e. The van der Waals surface area contributed by atoms with Crippen LogP contribution in [0.25, 0.3) is 55.6 Å². The van der Waals surface area contributed by atoms with Crippen molar-refractivity contribution in [1.82, 2.24) is 9.97 Å². The SMILES string of the molecule is CC(C)c1cc(-c2[c-]cccc2)ncc1[Si](C)(C)C.Fc1ccc(-c2ccc3c(c2)oc2c(-c4cc(C5CCCCC5)ccn4)[c-]ccc23)cc1.[Ir]. The van der Waals surface area contributed by atoms with Gasteiger partial charge in [0.1, 0.15) is 11.4 Å². The Hall–Kier alpha value is -4.22. The van der Waals surface area contributed by atoms with Gasteiger partial charge >= 0.3 is 0 Å². The largest absolute Gasteiger partial charge is 0.501 e. The minimum atomic E-state index is -1.34. The molecule has 1 saturated carbocycles. The number of hydrogen-bond acceptors (Lipinski definition) is 3. The number of benzene rings is 4. The van der Waals surface area contributed by atoms with E-state index in [2.05, 4.69) is 98.2 Å². The van der Waals surface area contributed by atoms with E-state index in [1.54, 1.807) is 12.1 Å². The zero-order valence-electron chi connectivity index (χ0n) is 30.6. The zero-order chi connectivity index (χ0) is 35.5. The van der Waals surface area contributed by atoms with Crippen LogP contribution in [0.15, 0.2) is 114 Å². The van der Waals surface area contributed by atoms with Gasteiger partial charge in [-0.3, -0.25) is 0 Å². The van der Waals surface area contributed by atoms with Crippen molar-refractivity contribution in [2.45, 2.75) is 77.4 Å². The molecule has 0 amide bonds. The number of hydrogen-bond donors (Lipinski definition) is 0. The topological polar surface area (TPSA) is 38.9 Å². The van der Waals surface area contributed by atoms with Gasteiger partial charge in [-0.05, 0) is 76.6 Å². The van der Waals surface area contributed by atoms with Gasteiger partial charge in [0, 0.05) is 37.9 Å². The third-order valence-corrected chi connectivity index (χ3v) is 12.1. The summed E-state index contributed by atoms with van der Waals surface area (Å²) in [6.07, 6.45) is 10.5. The molecule has 0 bridgehead atoms. The fourth-order valence-electron chi connectivity index (χ4n) is 7.30. The van der Waals surface area contributed by atoms with Gasteiger partial charge in [-0.15, -0.1) is 54.1 Å². The summed E-state index contributed by atoms with van der Waals surface area (Å²) in [5, 5.41) is 3.59. The smallest absolute Gasteiger partial charge is 0.123 e. The Balaban J connectivity index is 0.000000200. The molecule has 1 aliphatic rings. The van der Waals surface area contributed by atoms with Crippen LogP contribution >= 0.6 is 0 Å². The number of pyridine rings is 2. The summed E-state index contributed by atoms with van der Waals surface area (Å²) in [5.74, 6) is 0.924. The van der Waals surface area contributed by atoms with E-state index in [9.17, 15) is 4.39 Å². The second-order valence-corrected chi connectivity index (χ2v) is 20.1. The van der Waals surface area contributed by atoms with Crippen molar-refractivity contribution in [2.75, 3.05) is 0 Å². The van der Waals surface area contributed by atoms with Gasteiger partial charge in [0.2, 0.25) is 0 Å². The number of aromatic nitrogens is 2. The molecule has 3 nitrogen and oxygen atoms in total. The molecule has 267 valence electrons. The normalized spacial score (nSPS) is 13.5. The van der Waals surface area contributed by atoms with E-state index >= 15 is 0 Å². The predicted octanol–water partition coefficient (Wildman–Crippen LogP) is 12.5. The number of fused-ring (bicyclic) bond motifs is 3. The van der Waals surface area contributed by atoms with Crippen molar-refractivity contribution in [3.63, 3.8) is 0 Å². The molecule has 1 fully saturated rings. The maximum atomic E-state index is 13.3. The molecule has 8 rings (SSSR count). The number of furan rings is 1. The van der Waals surface area contributed by atoms with E-state index in [0.29, 0.717) is 11.8 Å². The second-order valence-electron chi connectivity index (χ2n) is 15.1. The Morgan fingerprint density at radius 1 is 0.769 bits per heavy atom. The first kappa shape index (κ1) is 37.5. The molecule has 0 N–H and O–H groups in total. The van der Waals surface area contributed by atoms with E-state index in [1.807, 2.05) is 42.6 Å². The van der Waals surface area contributed by atoms with E-state index in [4.69, 9.17) is 4.42 Å². The van der Waals surface area contributed by atoms with Gasteiger partial charge < -0.3 is 14.4 Å². The monoisotopic (exact) mass is 881 g/mol. The summed E-state index contributed by atoms with van der Waals surface area (Å²) in [6, 6.07) is 38.0. The molecule has 1 aliphatic carbocycles. The number of rotatable bonds is 6. The first-order valence-corrected chi connectivity index (χ1v) is 21.7. The third-order valence-electron chi connectivity index (χ3n) is 10.1. The first-order valence-electron chi connectivity index (χ1n) is 18.2. The summed E-state index contributed by atoms with van der Waals surface area (Å²) in [4.78, 5) is 9.33. The molecule has 6 heteroatoms. The molecule has 3 heterocycles. The van der Waals surface area contributed by atoms with Crippen LogP contribution < -0.4 is 5.19 Å². The van der Waals surface area contributed by atoms with Crippen LogP contribution in [0.2, 0.25) is 19.6 Å². The van der Waals surface area contributed by atoms with Crippen LogP contribution in [0.3, 0.4) is 0 Å². The Kier molecular flexibility index (Phi) is 11.7. The Bertz CT molecular complexity index is 2270. The Labute approximate surface area is 322 Å². The van der Waals surface area contributed by atoms with Gasteiger partial charge in [-0.1, -0.05) is 111 Å². The van der Waals surface area contributed by atoms with E-state index in [0.717, 1.165) is 55.6 Å². The van der Waals surface area contributed by atoms with Crippen LogP contribution in [0, 0.1) is 17.9 Å². The predicted molar refractivity (Wildman–Crippen MR) is 213 cm³/mol. The summed E-state index contributed by atoms with van der Waals surface area (Å²) in [5.41, 5.74) is 10.3. The van der Waals surface area contributed by atoms with Gasteiger partial charge in [-0.25, -0.2) is 4.39 Å². The second kappa shape index (κ2) is 16.2. The summed E-state index contributed by atoms with van der Waals surface area (Å²) in [6.45, 7) is 11.7. The van der Waals surface area contributed by atoms with Crippen molar-refractivity contribution in [1.29, 1.82) is 0 Å². The molecule has 0 unspecified atom stereocenters. The van der Waals surface area contributed by atoms with Crippen LogP contribution in [-0.4, -0.2) is 18.0 Å². The average molecular weight is 881 g/mol. The van der Waals surface area contributed by atoms with Crippen molar-refractivity contribution in [3.8, 4) is 33.6 Å². The van der Waals surface area contributed by atoms with E-state index in [-0.39, 0.29) is 25.9 Å². The molecule has 0 spiro atoms. The minimum absolute atomic E-state index is 0. The van der Waals surface area contributed by atoms with Crippen LogP contribution in [0.5, 0.6) is 0 Å². The van der Waals surface area contributed by atoms with Crippen LogP contribution in [-0.2, 0) is 20.1 Å². The van der Waals surface area contributed by atoms with E-state index in [1.165, 1.54) is 60.6 Å². The molecule has 52 heavy (non-hydrogen) atoms. The minimum Gasteiger partial charge on any atom is -0.501 e. The molecule has 0 saturated heterocycles. The van der Waals surface area contributed by atoms with E-state index < -0.39 is 8.07 Å². The quantitative estimate of drug-likeness (QED) is 0.123. The molecular formula is C46H45FIrN2OSi-2. The third kappa shape index (κ3) is 8.20. The maximum absolute atomic E-state index is 13.3. The molecule has 4 aromatic carbocycles. The van der Waals surface area contributed by atoms with Crippen molar-refractivity contribution in [2.24, 2.45) is 0 Å². The van der Waals surface area contributed by atoms with Crippen molar-refractivity contribution in [3.05, 3.63) is 139 Å². The van der Waals surface area contributed by atoms with Crippen molar-refractivity contribution < 1.29 is 28.9 Å². The standard InChI is InChI=1S/C29H23FNO.C17H22NSi.Ir/c30-23-12-9-20(10-13-23)21-11-14-24-25-7-4-8-26(29(25)32-28(24)18-21)27-17-22(15-16-31-27)19-5-2-1-3-6-19;1-13(2)15-11-16(14-9-7-6-8-10-14)18-12-17(15)19(3,4)5;/h4,7,9-19H,1-3,5-6H2;6-9,11-13H,1-5H3;/q2*-1;. The fourth-order valence-corrected chi connectivity index (χ4v) is 8.98. The summed E-state index contributed by atoms with van der Waals surface area (Å²) in [7, 11) is -1.34. The zero-order valence-corrected chi connectivity index (χ0v) is 34.0. The fraction of sp³-hybridized carbons (Fsp3) is 0.261. The molecule has 1 radical (unpaired) electrons. The van der Waals surface area contributed by atoms with Gasteiger partial charge in [0.25, 0.3) is 0 Å². The molecule has 0 atom stereocenters. The van der Waals surface area contributed by atoms with Crippen molar-refractivity contribution >= 4 is 35.2 Å². The van der Waals surface area contributed by atoms with Gasteiger partial charge in [-0.2, -0.15) is 0 Å². The van der Waals surface area contributed by atoms with Crippen LogP contribution in [0.1, 0.15) is 68.9 Å². The van der Waals surface area contributed by atoms with Gasteiger partial charge in [0.05, 0.1) is 13.7 Å². The Morgan fingerprint density at radius 2 is 1.54 bits per heavy atom. The van der Waals surface area contributed by atoms with Gasteiger partial charge in [0.15, 0.2) is 0 Å². The average Bonchev–Trinajstić information content (AvgIpc) is 3.54. The summed E-state index contributed by atoms with van der Waals surface area (Å²) >= 11 is 0. The Morgan fingerprint density at radius 3 is 2.25 bits per heavy atom. The molecular weight excluding hydrogens is 836 g/mol. The molecule has 0 aliphatic heterocycles. The number of halogens is 1. The molecule has 7 aromatic rings. The number of nitrogens with zero attached hydrogens (tertiary/aromatic N) is 2.